The van der Waals surface area contributed by atoms with Gasteiger partial charge in [-0.1, -0.05) is 61.6 Å². The minimum atomic E-state index is -0.851. The van der Waals surface area contributed by atoms with Crippen molar-refractivity contribution in [2.24, 2.45) is 0 Å². The maximum Gasteiger partial charge on any atom is 0.247 e. The van der Waals surface area contributed by atoms with E-state index in [0.29, 0.717) is 23.7 Å². The molecule has 2 aromatic rings. The number of amides is 2. The van der Waals surface area contributed by atoms with Crippen LogP contribution in [0.25, 0.3) is 0 Å². The molecule has 0 bridgehead atoms. The van der Waals surface area contributed by atoms with E-state index in [2.05, 4.69) is 5.32 Å². The number of hydrogen-bond acceptors (Lipinski definition) is 4. The predicted octanol–water partition coefficient (Wildman–Crippen LogP) is 5.55. The molecule has 0 spiro atoms. The van der Waals surface area contributed by atoms with Crippen LogP contribution in [0.2, 0.25) is 0 Å². The van der Waals surface area contributed by atoms with Gasteiger partial charge in [-0.05, 0) is 49.9 Å². The summed E-state index contributed by atoms with van der Waals surface area (Å²) in [5, 5.41) is 3.24. The second-order valence-electron chi connectivity index (χ2n) is 9.08. The SMILES string of the molecule is CCOc1ccc(C(C(=O)NC2CCCCCC2)N(Cc2ccc(C)cc2)C(=O)CCl)cc1OC. The molecule has 3 rings (SSSR count). The van der Waals surface area contributed by atoms with Crippen molar-refractivity contribution in [3.8, 4) is 11.5 Å². The Labute approximate surface area is 213 Å². The van der Waals surface area contributed by atoms with Gasteiger partial charge in [-0.3, -0.25) is 9.59 Å². The fraction of sp³-hybridized carbons (Fsp3) is 0.500. The molecule has 1 aliphatic rings. The zero-order valence-corrected chi connectivity index (χ0v) is 21.8. The quantitative estimate of drug-likeness (QED) is 0.343. The molecule has 1 fully saturated rings. The molecule has 35 heavy (non-hydrogen) atoms. The summed E-state index contributed by atoms with van der Waals surface area (Å²) >= 11 is 6.05. The number of rotatable bonds is 10. The first-order valence-corrected chi connectivity index (χ1v) is 13.0. The van der Waals surface area contributed by atoms with E-state index >= 15 is 0 Å². The summed E-state index contributed by atoms with van der Waals surface area (Å²) in [6, 6.07) is 12.6. The Bertz CT molecular complexity index is 971. The molecule has 0 aliphatic heterocycles. The first-order chi connectivity index (χ1) is 17.0. The average molecular weight is 501 g/mol. The molecule has 2 amide bonds. The number of alkyl halides is 1. The van der Waals surface area contributed by atoms with E-state index in [9.17, 15) is 9.59 Å². The van der Waals surface area contributed by atoms with Crippen molar-refractivity contribution in [3.63, 3.8) is 0 Å². The van der Waals surface area contributed by atoms with Crippen LogP contribution >= 0.6 is 11.6 Å². The zero-order chi connectivity index (χ0) is 25.2. The van der Waals surface area contributed by atoms with Crippen LogP contribution in [0, 0.1) is 6.92 Å². The number of nitrogens with one attached hydrogen (secondary N) is 1. The van der Waals surface area contributed by atoms with Crippen LogP contribution in [0.1, 0.15) is 68.2 Å². The summed E-state index contributed by atoms with van der Waals surface area (Å²) in [5.74, 6) is 0.392. The fourth-order valence-corrected chi connectivity index (χ4v) is 4.75. The minimum Gasteiger partial charge on any atom is -0.493 e. The van der Waals surface area contributed by atoms with Gasteiger partial charge in [-0.15, -0.1) is 11.6 Å². The number of nitrogens with zero attached hydrogens (tertiary/aromatic N) is 1. The standard InChI is InChI=1S/C28H37ClN2O4/c1-4-35-24-16-15-22(17-25(24)34-3)27(28(33)30-23-9-7-5-6-8-10-23)31(26(32)18-29)19-21-13-11-20(2)12-14-21/h11-17,23,27H,4-10,18-19H2,1-3H3,(H,30,33). The molecule has 0 heterocycles. The first-order valence-electron chi connectivity index (χ1n) is 12.5. The molecular weight excluding hydrogens is 464 g/mol. The van der Waals surface area contributed by atoms with E-state index < -0.39 is 6.04 Å². The van der Waals surface area contributed by atoms with Crippen LogP contribution in [-0.4, -0.2) is 42.4 Å². The topological polar surface area (TPSA) is 67.9 Å². The van der Waals surface area contributed by atoms with Crippen molar-refractivity contribution in [1.29, 1.82) is 0 Å². The van der Waals surface area contributed by atoms with Gasteiger partial charge in [0, 0.05) is 12.6 Å². The zero-order valence-electron chi connectivity index (χ0n) is 21.0. The van der Waals surface area contributed by atoms with Gasteiger partial charge in [0.1, 0.15) is 11.9 Å². The molecule has 0 aromatic heterocycles. The Balaban J connectivity index is 2.00. The van der Waals surface area contributed by atoms with Gasteiger partial charge >= 0.3 is 0 Å². The van der Waals surface area contributed by atoms with Crippen LogP contribution in [-0.2, 0) is 16.1 Å². The molecule has 1 aliphatic carbocycles. The van der Waals surface area contributed by atoms with Crippen molar-refractivity contribution in [1.82, 2.24) is 10.2 Å². The third-order valence-corrected chi connectivity index (χ3v) is 6.70. The number of methoxy groups -OCH3 is 1. The number of ether oxygens (including phenoxy) is 2. The Hall–Kier alpha value is -2.73. The Morgan fingerprint density at radius 3 is 2.34 bits per heavy atom. The Morgan fingerprint density at radius 2 is 1.74 bits per heavy atom. The number of carbonyl (C=O) groups excluding carboxylic acids is 2. The van der Waals surface area contributed by atoms with Crippen molar-refractivity contribution < 1.29 is 19.1 Å². The molecule has 1 unspecified atom stereocenters. The third-order valence-electron chi connectivity index (χ3n) is 6.47. The predicted molar refractivity (Wildman–Crippen MR) is 139 cm³/mol. The monoisotopic (exact) mass is 500 g/mol. The van der Waals surface area contributed by atoms with Gasteiger partial charge < -0.3 is 19.7 Å². The smallest absolute Gasteiger partial charge is 0.247 e. The molecular formula is C28H37ClN2O4. The molecule has 2 aromatic carbocycles. The third kappa shape index (κ3) is 7.38. The lowest BCUT2D eigenvalue weighted by Gasteiger charge is -2.32. The number of halogens is 1. The Morgan fingerprint density at radius 1 is 1.06 bits per heavy atom. The van der Waals surface area contributed by atoms with Gasteiger partial charge in [0.05, 0.1) is 13.7 Å². The summed E-state index contributed by atoms with van der Waals surface area (Å²) in [7, 11) is 1.57. The van der Waals surface area contributed by atoms with Crippen LogP contribution in [0.3, 0.4) is 0 Å². The van der Waals surface area contributed by atoms with Crippen molar-refractivity contribution >= 4 is 23.4 Å². The van der Waals surface area contributed by atoms with Gasteiger partial charge in [0.15, 0.2) is 11.5 Å². The van der Waals surface area contributed by atoms with Crippen molar-refractivity contribution in [2.45, 2.75) is 71.0 Å². The maximum absolute atomic E-state index is 13.8. The maximum atomic E-state index is 13.8. The summed E-state index contributed by atoms with van der Waals surface area (Å²) in [6.45, 7) is 4.68. The van der Waals surface area contributed by atoms with Crippen LogP contribution in [0.5, 0.6) is 11.5 Å². The minimum absolute atomic E-state index is 0.101. The lowest BCUT2D eigenvalue weighted by Crippen LogP contribution is -2.46. The van der Waals surface area contributed by atoms with Crippen molar-refractivity contribution in [3.05, 3.63) is 59.2 Å². The Kier molecular flexibility index (Phi) is 10.3. The van der Waals surface area contributed by atoms with Crippen molar-refractivity contribution in [2.75, 3.05) is 19.6 Å². The normalized spacial score (nSPS) is 15.1. The summed E-state index contributed by atoms with van der Waals surface area (Å²) < 4.78 is 11.2. The largest absolute Gasteiger partial charge is 0.493 e. The number of benzene rings is 2. The van der Waals surface area contributed by atoms with E-state index in [-0.39, 0.29) is 30.3 Å². The van der Waals surface area contributed by atoms with Gasteiger partial charge in [0.2, 0.25) is 11.8 Å². The highest BCUT2D eigenvalue weighted by Crippen LogP contribution is 2.34. The molecule has 0 radical (unpaired) electrons. The molecule has 190 valence electrons. The van der Waals surface area contributed by atoms with E-state index in [0.717, 1.165) is 36.8 Å². The van der Waals surface area contributed by atoms with Gasteiger partial charge in [-0.2, -0.15) is 0 Å². The van der Waals surface area contributed by atoms with E-state index in [1.807, 2.05) is 44.2 Å². The molecule has 1 saturated carbocycles. The molecule has 1 atom stereocenters. The first kappa shape index (κ1) is 26.9. The highest BCUT2D eigenvalue weighted by molar-refractivity contribution is 6.27. The fourth-order valence-electron chi connectivity index (χ4n) is 4.60. The van der Waals surface area contributed by atoms with E-state index in [1.54, 1.807) is 24.1 Å². The summed E-state index contributed by atoms with van der Waals surface area (Å²) in [4.78, 5) is 28.5. The second-order valence-corrected chi connectivity index (χ2v) is 9.35. The number of hydrogen-bond donors (Lipinski definition) is 1. The molecule has 6 nitrogen and oxygen atoms in total. The molecule has 1 N–H and O–H groups in total. The average Bonchev–Trinajstić information content (AvgIpc) is 3.13. The second kappa shape index (κ2) is 13.4. The van der Waals surface area contributed by atoms with E-state index in [1.165, 1.54) is 12.8 Å². The molecule has 7 heteroatoms. The number of aryl methyl sites for hydroxylation is 1. The highest BCUT2D eigenvalue weighted by atomic mass is 35.5. The van der Waals surface area contributed by atoms with Gasteiger partial charge in [-0.25, -0.2) is 0 Å². The van der Waals surface area contributed by atoms with E-state index in [4.69, 9.17) is 21.1 Å². The van der Waals surface area contributed by atoms with Crippen LogP contribution < -0.4 is 14.8 Å². The lowest BCUT2D eigenvalue weighted by molar-refractivity contribution is -0.140. The summed E-state index contributed by atoms with van der Waals surface area (Å²) in [5.41, 5.74) is 2.71. The summed E-state index contributed by atoms with van der Waals surface area (Å²) in [6.07, 6.45) is 6.48. The lowest BCUT2D eigenvalue weighted by atomic mass is 10.0. The van der Waals surface area contributed by atoms with Gasteiger partial charge in [0.25, 0.3) is 0 Å². The number of carbonyl (C=O) groups is 2. The highest BCUT2D eigenvalue weighted by Gasteiger charge is 2.33. The molecule has 0 saturated heterocycles. The van der Waals surface area contributed by atoms with Crippen LogP contribution in [0.15, 0.2) is 42.5 Å². The van der Waals surface area contributed by atoms with Crippen LogP contribution in [0.4, 0.5) is 0 Å².